The maximum absolute atomic E-state index is 10.2. The molecule has 0 amide bonds. The van der Waals surface area contributed by atoms with E-state index >= 15 is 0 Å². The summed E-state index contributed by atoms with van der Waals surface area (Å²) >= 11 is 6.73. The number of aromatic nitrogens is 5. The molecular formula is C31H36ClN7O3. The van der Waals surface area contributed by atoms with E-state index in [2.05, 4.69) is 26.9 Å². The van der Waals surface area contributed by atoms with Gasteiger partial charge in [-0.3, -0.25) is 0 Å². The second kappa shape index (κ2) is 11.5. The van der Waals surface area contributed by atoms with E-state index in [0.29, 0.717) is 53.5 Å². The Morgan fingerprint density at radius 2 is 2.00 bits per heavy atom. The highest BCUT2D eigenvalue weighted by atomic mass is 35.5. The van der Waals surface area contributed by atoms with Gasteiger partial charge in [0.2, 0.25) is 5.95 Å². The molecule has 1 saturated heterocycles. The maximum atomic E-state index is 10.2. The highest BCUT2D eigenvalue weighted by Gasteiger charge is 2.31. The number of aliphatic hydroxyl groups excluding tert-OH is 1. The van der Waals surface area contributed by atoms with Crippen molar-refractivity contribution >= 4 is 23.4 Å². The number of benzene rings is 1. The molecule has 1 N–H and O–H groups in total. The van der Waals surface area contributed by atoms with Crippen LogP contribution >= 0.6 is 11.6 Å². The lowest BCUT2D eigenvalue weighted by atomic mass is 10.0. The van der Waals surface area contributed by atoms with E-state index in [-0.39, 0.29) is 6.61 Å². The summed E-state index contributed by atoms with van der Waals surface area (Å²) in [4.78, 5) is 24.1. The van der Waals surface area contributed by atoms with Crippen LogP contribution in [-0.4, -0.2) is 55.5 Å². The number of fused-ring (bicyclic) bond motifs is 1. The normalized spacial score (nSPS) is 16.9. The van der Waals surface area contributed by atoms with Crippen molar-refractivity contribution in [3.63, 3.8) is 0 Å². The Morgan fingerprint density at radius 3 is 2.69 bits per heavy atom. The van der Waals surface area contributed by atoms with Crippen LogP contribution in [0.15, 0.2) is 28.9 Å². The lowest BCUT2D eigenvalue weighted by Crippen LogP contribution is -2.46. The van der Waals surface area contributed by atoms with Crippen LogP contribution in [0.4, 0.5) is 11.8 Å². The summed E-state index contributed by atoms with van der Waals surface area (Å²) in [6.07, 6.45) is 4.12. The van der Waals surface area contributed by atoms with Crippen LogP contribution in [0.25, 0.3) is 22.6 Å². The average molecular weight is 590 g/mol. The van der Waals surface area contributed by atoms with Gasteiger partial charge in [-0.05, 0) is 58.7 Å². The Kier molecular flexibility index (Phi) is 7.76. The molecule has 3 aromatic heterocycles. The molecule has 6 rings (SSSR count). The van der Waals surface area contributed by atoms with Gasteiger partial charge in [0.15, 0.2) is 5.82 Å². The zero-order valence-corrected chi connectivity index (χ0v) is 25.4. The highest BCUT2D eigenvalue weighted by molar-refractivity contribution is 6.33. The number of hydrogen-bond donors (Lipinski definition) is 1. The molecule has 0 bridgehead atoms. The molecule has 4 aromatic rings. The first-order valence-corrected chi connectivity index (χ1v) is 14.9. The number of ether oxygens (including phenoxy) is 1. The summed E-state index contributed by atoms with van der Waals surface area (Å²) in [6, 6.07) is 5.86. The molecule has 2 aliphatic rings. The molecular weight excluding hydrogens is 554 g/mol. The van der Waals surface area contributed by atoms with Crippen molar-refractivity contribution in [2.24, 2.45) is 0 Å². The Bertz CT molecular complexity index is 1610. The van der Waals surface area contributed by atoms with E-state index in [1.165, 1.54) is 0 Å². The third-order valence-electron chi connectivity index (χ3n) is 8.15. The Labute approximate surface area is 250 Å². The van der Waals surface area contributed by atoms with Crippen LogP contribution < -0.4 is 14.5 Å². The van der Waals surface area contributed by atoms with Gasteiger partial charge in [0, 0.05) is 42.0 Å². The van der Waals surface area contributed by atoms with Gasteiger partial charge < -0.3 is 24.2 Å². The standard InChI is InChI=1S/C31H36ClN7O3/c1-6-7-22(40)16-41-23-8-9-25(32)24(12-23)29-35-28(27-19(4)37-42-20(27)5)18(3)30(36-29)38-14-21-13-33-31(34-26(21)15-38)39-11-10-17(39)2/h8-9,12-13,17,22,40H,6-7,10-11,14-16H2,1-5H3/t17-,22-/m1/s1. The molecule has 2 atom stereocenters. The smallest absolute Gasteiger partial charge is 0.225 e. The quantitative estimate of drug-likeness (QED) is 0.256. The molecule has 5 heterocycles. The molecule has 10 nitrogen and oxygen atoms in total. The molecule has 1 aromatic carbocycles. The van der Waals surface area contributed by atoms with Crippen LogP contribution in [-0.2, 0) is 13.1 Å². The first kappa shape index (κ1) is 28.4. The first-order chi connectivity index (χ1) is 20.2. The second-order valence-electron chi connectivity index (χ2n) is 11.3. The van der Waals surface area contributed by atoms with Crippen molar-refractivity contribution in [2.75, 3.05) is 23.0 Å². The summed E-state index contributed by atoms with van der Waals surface area (Å²) in [7, 11) is 0. The van der Waals surface area contributed by atoms with Crippen molar-refractivity contribution in [3.05, 3.63) is 57.7 Å². The molecule has 11 heteroatoms. The number of rotatable bonds is 9. The molecule has 220 valence electrons. The number of halogens is 1. The predicted molar refractivity (Wildman–Crippen MR) is 162 cm³/mol. The van der Waals surface area contributed by atoms with Gasteiger partial charge in [0.05, 0.1) is 40.3 Å². The number of aliphatic hydroxyl groups is 1. The van der Waals surface area contributed by atoms with Crippen LogP contribution in [0.5, 0.6) is 5.75 Å². The third-order valence-corrected chi connectivity index (χ3v) is 8.48. The average Bonchev–Trinajstić information content (AvgIpc) is 3.54. The van der Waals surface area contributed by atoms with Crippen LogP contribution in [0.2, 0.25) is 5.02 Å². The van der Waals surface area contributed by atoms with Gasteiger partial charge in [-0.2, -0.15) is 0 Å². The Morgan fingerprint density at radius 1 is 1.17 bits per heavy atom. The summed E-state index contributed by atoms with van der Waals surface area (Å²) in [5, 5.41) is 14.9. The van der Waals surface area contributed by atoms with E-state index in [1.807, 2.05) is 40.0 Å². The van der Waals surface area contributed by atoms with Crippen molar-refractivity contribution in [2.45, 2.75) is 79.1 Å². The monoisotopic (exact) mass is 589 g/mol. The molecule has 2 aliphatic heterocycles. The van der Waals surface area contributed by atoms with Gasteiger partial charge in [-0.15, -0.1) is 0 Å². The molecule has 0 spiro atoms. The van der Waals surface area contributed by atoms with Gasteiger partial charge in [-0.25, -0.2) is 19.9 Å². The van der Waals surface area contributed by atoms with E-state index in [0.717, 1.165) is 64.9 Å². The minimum atomic E-state index is -0.535. The Hall–Kier alpha value is -3.76. The van der Waals surface area contributed by atoms with Gasteiger partial charge in [-0.1, -0.05) is 30.1 Å². The summed E-state index contributed by atoms with van der Waals surface area (Å²) < 4.78 is 11.4. The molecule has 42 heavy (non-hydrogen) atoms. The van der Waals surface area contributed by atoms with E-state index in [1.54, 1.807) is 12.1 Å². The summed E-state index contributed by atoms with van der Waals surface area (Å²) in [6.45, 7) is 12.5. The second-order valence-corrected chi connectivity index (χ2v) is 11.7. The summed E-state index contributed by atoms with van der Waals surface area (Å²) in [5.74, 6) is 3.31. The summed E-state index contributed by atoms with van der Waals surface area (Å²) in [5.41, 5.74) is 5.98. The minimum Gasteiger partial charge on any atom is -0.491 e. The minimum absolute atomic E-state index is 0.199. The fourth-order valence-corrected chi connectivity index (χ4v) is 5.82. The van der Waals surface area contributed by atoms with Gasteiger partial charge in [0.25, 0.3) is 0 Å². The third kappa shape index (κ3) is 5.29. The molecule has 0 unspecified atom stereocenters. The lowest BCUT2D eigenvalue weighted by Gasteiger charge is -2.38. The highest BCUT2D eigenvalue weighted by Crippen LogP contribution is 2.39. The fraction of sp³-hybridized carbons (Fsp3) is 0.452. The SMILES string of the molecule is CCC[C@@H](O)COc1ccc(Cl)c(-c2nc(-c3c(C)noc3C)c(C)c(N3Cc4cnc(N5CC[C@H]5C)nc4C3)n2)c1. The zero-order chi connectivity index (χ0) is 29.5. The van der Waals surface area contributed by atoms with Crippen LogP contribution in [0.3, 0.4) is 0 Å². The van der Waals surface area contributed by atoms with Crippen molar-refractivity contribution in [1.29, 1.82) is 0 Å². The Balaban J connectivity index is 1.40. The topological polar surface area (TPSA) is 114 Å². The van der Waals surface area contributed by atoms with E-state index in [4.69, 9.17) is 35.8 Å². The fourth-order valence-electron chi connectivity index (χ4n) is 5.62. The molecule has 0 radical (unpaired) electrons. The van der Waals surface area contributed by atoms with Gasteiger partial charge >= 0.3 is 0 Å². The number of aryl methyl sites for hydroxylation is 2. The first-order valence-electron chi connectivity index (χ1n) is 14.5. The van der Waals surface area contributed by atoms with Crippen molar-refractivity contribution in [1.82, 2.24) is 25.1 Å². The number of anilines is 2. The molecule has 0 saturated carbocycles. The van der Waals surface area contributed by atoms with Crippen molar-refractivity contribution in [3.8, 4) is 28.4 Å². The van der Waals surface area contributed by atoms with Gasteiger partial charge in [0.1, 0.15) is 23.9 Å². The zero-order valence-electron chi connectivity index (χ0n) is 24.7. The molecule has 1 fully saturated rings. The van der Waals surface area contributed by atoms with Crippen LogP contribution in [0, 0.1) is 20.8 Å². The largest absolute Gasteiger partial charge is 0.491 e. The van der Waals surface area contributed by atoms with Crippen LogP contribution in [0.1, 0.15) is 61.4 Å². The van der Waals surface area contributed by atoms with E-state index < -0.39 is 6.10 Å². The number of nitrogens with zero attached hydrogens (tertiary/aromatic N) is 7. The predicted octanol–water partition coefficient (Wildman–Crippen LogP) is 5.83. The lowest BCUT2D eigenvalue weighted by molar-refractivity contribution is 0.0994. The van der Waals surface area contributed by atoms with E-state index in [9.17, 15) is 5.11 Å². The molecule has 0 aliphatic carbocycles. The van der Waals surface area contributed by atoms with Crippen molar-refractivity contribution < 1.29 is 14.4 Å². The number of hydrogen-bond acceptors (Lipinski definition) is 10. The maximum Gasteiger partial charge on any atom is 0.225 e.